The summed E-state index contributed by atoms with van der Waals surface area (Å²) < 4.78 is 1.92. The highest BCUT2D eigenvalue weighted by atomic mass is 15.5. The number of hydrogen-bond acceptors (Lipinski definition) is 4. The standard InChI is InChI=1S/C13H27N5/c1-10(2)7-14-8-12-15-16-17-18(12)9-11(3)13(4,5)6/h10-11,14H,7-9H2,1-6H3. The molecule has 5 nitrogen and oxygen atoms in total. The molecule has 0 bridgehead atoms. The molecule has 0 aliphatic heterocycles. The van der Waals surface area contributed by atoms with E-state index in [1.165, 1.54) is 0 Å². The number of nitrogens with zero attached hydrogens (tertiary/aromatic N) is 4. The highest BCUT2D eigenvalue weighted by molar-refractivity contribution is 4.82. The minimum absolute atomic E-state index is 0.272. The summed E-state index contributed by atoms with van der Waals surface area (Å²) >= 11 is 0. The van der Waals surface area contributed by atoms with E-state index in [1.807, 2.05) is 4.68 Å². The van der Waals surface area contributed by atoms with E-state index in [4.69, 9.17) is 0 Å². The lowest BCUT2D eigenvalue weighted by atomic mass is 9.82. The van der Waals surface area contributed by atoms with Crippen LogP contribution in [-0.4, -0.2) is 26.8 Å². The van der Waals surface area contributed by atoms with Crippen molar-refractivity contribution in [2.45, 2.75) is 54.6 Å². The van der Waals surface area contributed by atoms with E-state index < -0.39 is 0 Å². The summed E-state index contributed by atoms with van der Waals surface area (Å²) in [5.41, 5.74) is 0.272. The molecule has 0 aliphatic carbocycles. The average molecular weight is 253 g/mol. The van der Waals surface area contributed by atoms with Crippen LogP contribution >= 0.6 is 0 Å². The average Bonchev–Trinajstić information content (AvgIpc) is 2.64. The first-order valence-electron chi connectivity index (χ1n) is 6.76. The molecule has 104 valence electrons. The van der Waals surface area contributed by atoms with Gasteiger partial charge < -0.3 is 5.32 Å². The molecule has 0 fully saturated rings. The molecule has 0 amide bonds. The third kappa shape index (κ3) is 4.72. The maximum absolute atomic E-state index is 4.09. The first kappa shape index (κ1) is 15.1. The highest BCUT2D eigenvalue weighted by Gasteiger charge is 2.21. The van der Waals surface area contributed by atoms with Crippen LogP contribution < -0.4 is 5.32 Å². The number of aromatic nitrogens is 4. The monoisotopic (exact) mass is 253 g/mol. The fourth-order valence-electron chi connectivity index (χ4n) is 1.50. The van der Waals surface area contributed by atoms with Crippen LogP contribution in [0.1, 0.15) is 47.4 Å². The van der Waals surface area contributed by atoms with Gasteiger partial charge in [-0.3, -0.25) is 0 Å². The van der Waals surface area contributed by atoms with E-state index in [0.29, 0.717) is 11.8 Å². The highest BCUT2D eigenvalue weighted by Crippen LogP contribution is 2.26. The maximum atomic E-state index is 4.09. The summed E-state index contributed by atoms with van der Waals surface area (Å²) in [5.74, 6) is 2.10. The maximum Gasteiger partial charge on any atom is 0.165 e. The molecule has 1 atom stereocenters. The zero-order valence-electron chi connectivity index (χ0n) is 12.6. The fraction of sp³-hybridized carbons (Fsp3) is 0.923. The van der Waals surface area contributed by atoms with E-state index in [2.05, 4.69) is 62.4 Å². The first-order valence-corrected chi connectivity index (χ1v) is 6.76. The summed E-state index contributed by atoms with van der Waals surface area (Å²) in [5, 5.41) is 15.3. The van der Waals surface area contributed by atoms with Crippen molar-refractivity contribution < 1.29 is 0 Å². The predicted octanol–water partition coefficient (Wildman–Crippen LogP) is 2.10. The zero-order valence-corrected chi connectivity index (χ0v) is 12.6. The minimum atomic E-state index is 0.272. The second-order valence-corrected chi connectivity index (χ2v) is 6.57. The number of tetrazole rings is 1. The molecule has 5 heteroatoms. The summed E-state index contributed by atoms with van der Waals surface area (Å²) in [6, 6.07) is 0. The minimum Gasteiger partial charge on any atom is -0.310 e. The fourth-order valence-corrected chi connectivity index (χ4v) is 1.50. The summed E-state index contributed by atoms with van der Waals surface area (Å²) in [4.78, 5) is 0. The molecular formula is C13H27N5. The Balaban J connectivity index is 2.54. The number of hydrogen-bond donors (Lipinski definition) is 1. The van der Waals surface area contributed by atoms with Crippen LogP contribution in [0.25, 0.3) is 0 Å². The Bertz CT molecular complexity index is 351. The van der Waals surface area contributed by atoms with Crippen molar-refractivity contribution in [2.24, 2.45) is 17.3 Å². The van der Waals surface area contributed by atoms with Gasteiger partial charge in [0.05, 0.1) is 6.54 Å². The van der Waals surface area contributed by atoms with Gasteiger partial charge in [-0.05, 0) is 34.2 Å². The SMILES string of the molecule is CC(C)CNCc1nnnn1CC(C)C(C)(C)C. The zero-order chi connectivity index (χ0) is 13.8. The molecule has 1 aromatic heterocycles. The van der Waals surface area contributed by atoms with Gasteiger partial charge in [-0.25, -0.2) is 4.68 Å². The largest absolute Gasteiger partial charge is 0.310 e. The Kier molecular flexibility index (Phi) is 5.26. The van der Waals surface area contributed by atoms with Gasteiger partial charge in [-0.1, -0.05) is 41.5 Å². The molecule has 0 saturated heterocycles. The van der Waals surface area contributed by atoms with Crippen molar-refractivity contribution in [1.29, 1.82) is 0 Å². The number of rotatable bonds is 6. The Morgan fingerprint density at radius 2 is 1.89 bits per heavy atom. The second-order valence-electron chi connectivity index (χ2n) is 6.57. The lowest BCUT2D eigenvalue weighted by Crippen LogP contribution is -2.26. The molecule has 18 heavy (non-hydrogen) atoms. The van der Waals surface area contributed by atoms with Gasteiger partial charge in [0.2, 0.25) is 0 Å². The van der Waals surface area contributed by atoms with Crippen molar-refractivity contribution in [3.05, 3.63) is 5.82 Å². The Morgan fingerprint density at radius 3 is 2.44 bits per heavy atom. The van der Waals surface area contributed by atoms with Gasteiger partial charge in [-0.2, -0.15) is 0 Å². The van der Waals surface area contributed by atoms with E-state index in [1.54, 1.807) is 0 Å². The van der Waals surface area contributed by atoms with Crippen LogP contribution in [-0.2, 0) is 13.1 Å². The van der Waals surface area contributed by atoms with Gasteiger partial charge in [0.1, 0.15) is 0 Å². The van der Waals surface area contributed by atoms with Crippen LogP contribution in [0.4, 0.5) is 0 Å². The summed E-state index contributed by atoms with van der Waals surface area (Å²) in [6.07, 6.45) is 0. The van der Waals surface area contributed by atoms with Crippen molar-refractivity contribution in [2.75, 3.05) is 6.54 Å². The molecule has 0 aromatic carbocycles. The van der Waals surface area contributed by atoms with Gasteiger partial charge >= 0.3 is 0 Å². The summed E-state index contributed by atoms with van der Waals surface area (Å²) in [6.45, 7) is 16.0. The van der Waals surface area contributed by atoms with Gasteiger partial charge in [-0.15, -0.1) is 5.10 Å². The van der Waals surface area contributed by atoms with E-state index >= 15 is 0 Å². The molecular weight excluding hydrogens is 226 g/mol. The first-order chi connectivity index (χ1) is 8.30. The molecule has 1 rings (SSSR count). The Morgan fingerprint density at radius 1 is 1.22 bits per heavy atom. The Hall–Kier alpha value is -0.970. The molecule has 1 heterocycles. The molecule has 1 aromatic rings. The lowest BCUT2D eigenvalue weighted by Gasteiger charge is -2.27. The molecule has 1 N–H and O–H groups in total. The second kappa shape index (κ2) is 6.27. The van der Waals surface area contributed by atoms with Crippen LogP contribution in [0.2, 0.25) is 0 Å². The molecule has 0 radical (unpaired) electrons. The molecule has 1 unspecified atom stereocenters. The van der Waals surface area contributed by atoms with Crippen molar-refractivity contribution in [3.63, 3.8) is 0 Å². The van der Waals surface area contributed by atoms with Crippen molar-refractivity contribution in [1.82, 2.24) is 25.5 Å². The van der Waals surface area contributed by atoms with Crippen LogP contribution in [0.15, 0.2) is 0 Å². The van der Waals surface area contributed by atoms with E-state index in [-0.39, 0.29) is 5.41 Å². The van der Waals surface area contributed by atoms with Gasteiger partial charge in [0, 0.05) is 6.54 Å². The molecule has 0 saturated carbocycles. The third-order valence-corrected chi connectivity index (χ3v) is 3.37. The quantitative estimate of drug-likeness (QED) is 0.843. The Labute approximate surface area is 110 Å². The van der Waals surface area contributed by atoms with Crippen LogP contribution in [0, 0.1) is 17.3 Å². The lowest BCUT2D eigenvalue weighted by molar-refractivity contribution is 0.221. The summed E-state index contributed by atoms with van der Waals surface area (Å²) in [7, 11) is 0. The normalized spacial score (nSPS) is 14.2. The van der Waals surface area contributed by atoms with Crippen LogP contribution in [0.5, 0.6) is 0 Å². The van der Waals surface area contributed by atoms with Crippen molar-refractivity contribution in [3.8, 4) is 0 Å². The molecule has 0 aliphatic rings. The smallest absolute Gasteiger partial charge is 0.165 e. The van der Waals surface area contributed by atoms with E-state index in [0.717, 1.165) is 25.5 Å². The van der Waals surface area contributed by atoms with Crippen molar-refractivity contribution >= 4 is 0 Å². The van der Waals surface area contributed by atoms with Gasteiger partial charge in [0.25, 0.3) is 0 Å². The predicted molar refractivity (Wildman–Crippen MR) is 73.0 cm³/mol. The van der Waals surface area contributed by atoms with Gasteiger partial charge in [0.15, 0.2) is 5.82 Å². The van der Waals surface area contributed by atoms with Crippen LogP contribution in [0.3, 0.4) is 0 Å². The third-order valence-electron chi connectivity index (χ3n) is 3.37. The number of nitrogens with one attached hydrogen (secondary N) is 1. The topological polar surface area (TPSA) is 55.6 Å². The van der Waals surface area contributed by atoms with E-state index in [9.17, 15) is 0 Å². The molecule has 0 spiro atoms.